The summed E-state index contributed by atoms with van der Waals surface area (Å²) in [6, 6.07) is 15.9. The van der Waals surface area contributed by atoms with Crippen LogP contribution in [0.2, 0.25) is 5.02 Å². The lowest BCUT2D eigenvalue weighted by atomic mass is 9.98. The molecule has 1 heterocycles. The minimum Gasteiger partial charge on any atom is -0.495 e. The molecule has 0 aliphatic carbocycles. The number of nitrogens with zero attached hydrogens (tertiary/aromatic N) is 1. The van der Waals surface area contributed by atoms with Gasteiger partial charge in [-0.3, -0.25) is 9.69 Å². The Bertz CT molecular complexity index is 1250. The Morgan fingerprint density at radius 3 is 2.21 bits per heavy atom. The van der Waals surface area contributed by atoms with Gasteiger partial charge < -0.3 is 18.9 Å². The van der Waals surface area contributed by atoms with E-state index >= 15 is 0 Å². The predicted molar refractivity (Wildman–Crippen MR) is 134 cm³/mol. The first kappa shape index (κ1) is 23.5. The predicted octanol–water partition coefficient (Wildman–Crippen LogP) is 6.53. The van der Waals surface area contributed by atoms with Crippen LogP contribution in [0.15, 0.2) is 60.7 Å². The molecule has 3 aromatic carbocycles. The number of halogens is 1. The molecule has 0 aromatic heterocycles. The number of rotatable bonds is 6. The maximum Gasteiger partial charge on any atom is 0.266 e. The van der Waals surface area contributed by atoms with E-state index in [4.69, 9.17) is 30.5 Å². The highest BCUT2D eigenvalue weighted by Crippen LogP contribution is 2.41. The van der Waals surface area contributed by atoms with Crippen molar-refractivity contribution in [1.82, 2.24) is 0 Å². The third-order valence-electron chi connectivity index (χ3n) is 5.53. The molecule has 0 fully saturated rings. The first-order valence-electron chi connectivity index (χ1n) is 10.7. The van der Waals surface area contributed by atoms with Crippen LogP contribution in [0, 0.1) is 0 Å². The molecule has 0 N–H and O–H groups in total. The SMILES string of the molecule is COc1ccc(N(C(=O)c2ccc3c(c2OC)C=CC(C)(C)O3)c2ccc(Cl)cc2)cc1OC. The van der Waals surface area contributed by atoms with E-state index in [9.17, 15) is 4.79 Å². The van der Waals surface area contributed by atoms with Gasteiger partial charge >= 0.3 is 0 Å². The van der Waals surface area contributed by atoms with E-state index in [0.29, 0.717) is 45.0 Å². The summed E-state index contributed by atoms with van der Waals surface area (Å²) in [4.78, 5) is 15.6. The first-order valence-corrected chi connectivity index (χ1v) is 11.1. The van der Waals surface area contributed by atoms with E-state index in [1.54, 1.807) is 80.8 Å². The van der Waals surface area contributed by atoms with Crippen LogP contribution >= 0.6 is 11.6 Å². The van der Waals surface area contributed by atoms with Crippen molar-refractivity contribution < 1.29 is 23.7 Å². The lowest BCUT2D eigenvalue weighted by Gasteiger charge is -2.30. The lowest BCUT2D eigenvalue weighted by molar-refractivity contribution is 0.0996. The highest BCUT2D eigenvalue weighted by atomic mass is 35.5. The topological polar surface area (TPSA) is 57.2 Å². The molecule has 7 heteroatoms. The fourth-order valence-corrected chi connectivity index (χ4v) is 4.00. The zero-order chi connectivity index (χ0) is 24.5. The van der Waals surface area contributed by atoms with Crippen molar-refractivity contribution in [3.05, 3.63) is 76.8 Å². The van der Waals surface area contributed by atoms with Gasteiger partial charge in [0.05, 0.1) is 38.1 Å². The van der Waals surface area contributed by atoms with Crippen LogP contribution in [0.25, 0.3) is 6.08 Å². The van der Waals surface area contributed by atoms with Gasteiger partial charge in [0.25, 0.3) is 5.91 Å². The average Bonchev–Trinajstić information content (AvgIpc) is 2.83. The molecule has 0 bridgehead atoms. The molecule has 0 radical (unpaired) electrons. The van der Waals surface area contributed by atoms with Gasteiger partial charge in [-0.2, -0.15) is 0 Å². The minimum absolute atomic E-state index is 0.285. The molecular formula is C27H26ClNO5. The first-order chi connectivity index (χ1) is 16.3. The molecule has 34 heavy (non-hydrogen) atoms. The third kappa shape index (κ3) is 4.41. The Labute approximate surface area is 204 Å². The van der Waals surface area contributed by atoms with Crippen molar-refractivity contribution in [3.63, 3.8) is 0 Å². The quantitative estimate of drug-likeness (QED) is 0.402. The highest BCUT2D eigenvalue weighted by Gasteiger charge is 2.29. The van der Waals surface area contributed by atoms with Gasteiger partial charge in [0, 0.05) is 16.8 Å². The van der Waals surface area contributed by atoms with E-state index < -0.39 is 5.60 Å². The van der Waals surface area contributed by atoms with Gasteiger partial charge in [0.2, 0.25) is 0 Å². The molecule has 0 spiro atoms. The number of hydrogen-bond donors (Lipinski definition) is 0. The molecular weight excluding hydrogens is 454 g/mol. The van der Waals surface area contributed by atoms with Crippen LogP contribution in [0.3, 0.4) is 0 Å². The normalized spacial score (nSPS) is 13.5. The molecule has 4 rings (SSSR count). The van der Waals surface area contributed by atoms with Crippen molar-refractivity contribution in [3.8, 4) is 23.0 Å². The van der Waals surface area contributed by atoms with E-state index in [0.717, 1.165) is 5.56 Å². The number of hydrogen-bond acceptors (Lipinski definition) is 5. The molecule has 0 unspecified atom stereocenters. The summed E-state index contributed by atoms with van der Waals surface area (Å²) in [5.74, 6) is 1.87. The summed E-state index contributed by atoms with van der Waals surface area (Å²) in [5.41, 5.74) is 1.89. The Kier molecular flexibility index (Phi) is 6.44. The van der Waals surface area contributed by atoms with Gasteiger partial charge in [-0.25, -0.2) is 0 Å². The molecule has 6 nitrogen and oxygen atoms in total. The molecule has 1 aliphatic rings. The molecule has 1 amide bonds. The summed E-state index contributed by atoms with van der Waals surface area (Å²) < 4.78 is 22.6. The number of amides is 1. The van der Waals surface area contributed by atoms with E-state index in [1.165, 1.54) is 0 Å². The van der Waals surface area contributed by atoms with Crippen molar-refractivity contribution >= 4 is 35.0 Å². The molecule has 3 aromatic rings. The van der Waals surface area contributed by atoms with Crippen LogP contribution in [-0.4, -0.2) is 32.8 Å². The van der Waals surface area contributed by atoms with Crippen LogP contribution in [-0.2, 0) is 0 Å². The number of ether oxygens (including phenoxy) is 4. The fourth-order valence-electron chi connectivity index (χ4n) is 3.88. The Morgan fingerprint density at radius 2 is 1.56 bits per heavy atom. The zero-order valence-electron chi connectivity index (χ0n) is 19.7. The van der Waals surface area contributed by atoms with Gasteiger partial charge in [0.1, 0.15) is 17.1 Å². The number of carbonyl (C=O) groups is 1. The monoisotopic (exact) mass is 479 g/mol. The van der Waals surface area contributed by atoms with Crippen LogP contribution < -0.4 is 23.8 Å². The van der Waals surface area contributed by atoms with Crippen LogP contribution in [0.4, 0.5) is 11.4 Å². The summed E-state index contributed by atoms with van der Waals surface area (Å²) in [6.07, 6.45) is 3.87. The van der Waals surface area contributed by atoms with Crippen molar-refractivity contribution in [1.29, 1.82) is 0 Å². The number of benzene rings is 3. The van der Waals surface area contributed by atoms with Crippen LogP contribution in [0.5, 0.6) is 23.0 Å². The second-order valence-electron chi connectivity index (χ2n) is 8.25. The maximum atomic E-state index is 14.1. The molecule has 0 atom stereocenters. The molecule has 0 saturated heterocycles. The van der Waals surface area contributed by atoms with Crippen molar-refractivity contribution in [2.24, 2.45) is 0 Å². The third-order valence-corrected chi connectivity index (χ3v) is 5.78. The Morgan fingerprint density at radius 1 is 0.882 bits per heavy atom. The second-order valence-corrected chi connectivity index (χ2v) is 8.69. The Hall–Kier alpha value is -3.64. The van der Waals surface area contributed by atoms with Gasteiger partial charge in [0.15, 0.2) is 11.5 Å². The summed E-state index contributed by atoms with van der Waals surface area (Å²) in [7, 11) is 4.66. The lowest BCUT2D eigenvalue weighted by Crippen LogP contribution is -2.29. The van der Waals surface area contributed by atoms with Gasteiger partial charge in [-0.15, -0.1) is 0 Å². The molecule has 0 saturated carbocycles. The van der Waals surface area contributed by atoms with Crippen molar-refractivity contribution in [2.75, 3.05) is 26.2 Å². The Balaban J connectivity index is 1.86. The second kappa shape index (κ2) is 9.31. The fraction of sp³-hybridized carbons (Fsp3) is 0.222. The average molecular weight is 480 g/mol. The summed E-state index contributed by atoms with van der Waals surface area (Å²) in [6.45, 7) is 3.94. The smallest absolute Gasteiger partial charge is 0.266 e. The molecule has 176 valence electrons. The van der Waals surface area contributed by atoms with Crippen LogP contribution in [0.1, 0.15) is 29.8 Å². The minimum atomic E-state index is -0.446. The number of methoxy groups -OCH3 is 3. The number of anilines is 2. The number of fused-ring (bicyclic) bond motifs is 1. The number of carbonyl (C=O) groups excluding carboxylic acids is 1. The van der Waals surface area contributed by atoms with Gasteiger partial charge in [-0.1, -0.05) is 11.6 Å². The molecule has 1 aliphatic heterocycles. The largest absolute Gasteiger partial charge is 0.495 e. The standard InChI is InChI=1S/C27H26ClNO5/c1-27(2)15-14-20-22(34-27)13-11-21(25(20)33-5)26(30)29(18-8-6-17(28)7-9-18)19-10-12-23(31-3)24(16-19)32-4/h6-16H,1-5H3. The summed E-state index contributed by atoms with van der Waals surface area (Å²) >= 11 is 6.11. The zero-order valence-corrected chi connectivity index (χ0v) is 20.5. The maximum absolute atomic E-state index is 14.1. The summed E-state index contributed by atoms with van der Waals surface area (Å²) in [5, 5.41) is 0.569. The highest BCUT2D eigenvalue weighted by molar-refractivity contribution is 6.30. The van der Waals surface area contributed by atoms with Crippen molar-refractivity contribution in [2.45, 2.75) is 19.4 Å². The van der Waals surface area contributed by atoms with E-state index in [2.05, 4.69) is 0 Å². The van der Waals surface area contributed by atoms with E-state index in [-0.39, 0.29) is 5.91 Å². The van der Waals surface area contributed by atoms with Gasteiger partial charge in [-0.05, 0) is 74.5 Å². The van der Waals surface area contributed by atoms with E-state index in [1.807, 2.05) is 26.0 Å².